The SMILES string of the molecule is CCN(C(=O)CSC1NCC(S(=O)(=O)c2ccc(C)c(Cl)c2)C(=O)N1)c1cccc(C)c1. The minimum atomic E-state index is -3.91. The van der Waals surface area contributed by atoms with Crippen molar-refractivity contribution >= 4 is 50.7 Å². The average Bonchev–Trinajstić information content (AvgIpc) is 2.74. The number of nitrogens with one attached hydrogen (secondary N) is 2. The lowest BCUT2D eigenvalue weighted by atomic mass is 10.2. The summed E-state index contributed by atoms with van der Waals surface area (Å²) >= 11 is 7.27. The Kier molecular flexibility index (Phi) is 7.87. The summed E-state index contributed by atoms with van der Waals surface area (Å²) < 4.78 is 25.8. The van der Waals surface area contributed by atoms with Crippen molar-refractivity contribution in [1.82, 2.24) is 10.6 Å². The first kappa shape index (κ1) is 24.6. The highest BCUT2D eigenvalue weighted by molar-refractivity contribution is 8.00. The van der Waals surface area contributed by atoms with E-state index in [2.05, 4.69) is 10.6 Å². The van der Waals surface area contributed by atoms with E-state index in [-0.39, 0.29) is 23.1 Å². The van der Waals surface area contributed by atoms with E-state index in [4.69, 9.17) is 11.6 Å². The molecular formula is C22H26ClN3O4S2. The van der Waals surface area contributed by atoms with Crippen molar-refractivity contribution in [3.63, 3.8) is 0 Å². The molecule has 7 nitrogen and oxygen atoms in total. The molecule has 1 fully saturated rings. The second kappa shape index (κ2) is 10.2. The second-order valence-electron chi connectivity index (χ2n) is 7.53. The normalized spacial score (nSPS) is 18.8. The van der Waals surface area contributed by atoms with Gasteiger partial charge in [0.1, 0.15) is 5.50 Å². The summed E-state index contributed by atoms with van der Waals surface area (Å²) in [5.41, 5.74) is 2.08. The van der Waals surface area contributed by atoms with Crippen LogP contribution in [0.25, 0.3) is 0 Å². The van der Waals surface area contributed by atoms with Gasteiger partial charge < -0.3 is 10.2 Å². The van der Waals surface area contributed by atoms with Crippen molar-refractivity contribution in [3.05, 3.63) is 58.6 Å². The van der Waals surface area contributed by atoms with Crippen molar-refractivity contribution in [1.29, 1.82) is 0 Å². The predicted octanol–water partition coefficient (Wildman–Crippen LogP) is 2.89. The molecule has 172 valence electrons. The fourth-order valence-corrected chi connectivity index (χ4v) is 6.04. The molecule has 1 heterocycles. The predicted molar refractivity (Wildman–Crippen MR) is 129 cm³/mol. The highest BCUT2D eigenvalue weighted by Gasteiger charge is 2.39. The number of benzene rings is 2. The molecule has 0 aromatic heterocycles. The van der Waals surface area contributed by atoms with Crippen LogP contribution in [0.5, 0.6) is 0 Å². The van der Waals surface area contributed by atoms with Gasteiger partial charge in [-0.1, -0.05) is 29.8 Å². The smallest absolute Gasteiger partial charge is 0.241 e. The maximum atomic E-state index is 12.9. The van der Waals surface area contributed by atoms with E-state index in [1.165, 1.54) is 23.9 Å². The standard InChI is InChI=1S/C22H26ClN3O4S2/c1-4-26(16-7-5-6-14(2)10-16)20(27)13-31-22-24-12-19(21(28)25-22)32(29,30)17-9-8-15(3)18(23)11-17/h5-11,19,22,24H,4,12-13H2,1-3H3,(H,25,28). The van der Waals surface area contributed by atoms with Crippen molar-refractivity contribution < 1.29 is 18.0 Å². The minimum absolute atomic E-state index is 0.00747. The minimum Gasteiger partial charge on any atom is -0.331 e. The lowest BCUT2D eigenvalue weighted by molar-refractivity contribution is -0.122. The zero-order valence-corrected chi connectivity index (χ0v) is 20.5. The van der Waals surface area contributed by atoms with Crippen molar-refractivity contribution in [2.45, 2.75) is 36.4 Å². The number of rotatable bonds is 7. The lowest BCUT2D eigenvalue weighted by Gasteiger charge is -2.30. The molecule has 1 aliphatic rings. The Morgan fingerprint density at radius 3 is 2.59 bits per heavy atom. The van der Waals surface area contributed by atoms with Crippen LogP contribution in [0.4, 0.5) is 5.69 Å². The molecule has 2 amide bonds. The largest absolute Gasteiger partial charge is 0.331 e. The van der Waals surface area contributed by atoms with Gasteiger partial charge in [0.25, 0.3) is 0 Å². The molecule has 0 aliphatic carbocycles. The first-order chi connectivity index (χ1) is 15.1. The van der Waals surface area contributed by atoms with E-state index in [9.17, 15) is 18.0 Å². The van der Waals surface area contributed by atoms with E-state index in [0.717, 1.165) is 16.8 Å². The highest BCUT2D eigenvalue weighted by Crippen LogP contribution is 2.25. The van der Waals surface area contributed by atoms with Crippen LogP contribution in [0.2, 0.25) is 5.02 Å². The third kappa shape index (κ3) is 5.46. The first-order valence-electron chi connectivity index (χ1n) is 10.2. The fourth-order valence-electron chi connectivity index (χ4n) is 3.38. The number of hydrogen-bond acceptors (Lipinski definition) is 6. The van der Waals surface area contributed by atoms with Crippen LogP contribution < -0.4 is 15.5 Å². The van der Waals surface area contributed by atoms with Gasteiger partial charge in [-0.15, -0.1) is 11.8 Å². The van der Waals surface area contributed by atoms with Gasteiger partial charge in [-0.05, 0) is 56.2 Å². The molecule has 2 N–H and O–H groups in total. The summed E-state index contributed by atoms with van der Waals surface area (Å²) in [6.07, 6.45) is 0. The van der Waals surface area contributed by atoms with Gasteiger partial charge in [-0.25, -0.2) is 8.42 Å². The summed E-state index contributed by atoms with van der Waals surface area (Å²) in [5, 5.41) is 4.73. The van der Waals surface area contributed by atoms with E-state index < -0.39 is 26.5 Å². The second-order valence-corrected chi connectivity index (χ2v) is 11.2. The Hall–Kier alpha value is -2.07. The van der Waals surface area contributed by atoms with Crippen molar-refractivity contribution in [2.75, 3.05) is 23.7 Å². The third-order valence-electron chi connectivity index (χ3n) is 5.20. The number of hydrogen-bond donors (Lipinski definition) is 2. The molecule has 10 heteroatoms. The summed E-state index contributed by atoms with van der Waals surface area (Å²) in [7, 11) is -3.91. The van der Waals surface area contributed by atoms with Crippen molar-refractivity contribution in [2.24, 2.45) is 0 Å². The van der Waals surface area contributed by atoms with E-state index >= 15 is 0 Å². The summed E-state index contributed by atoms with van der Waals surface area (Å²) in [6.45, 7) is 6.11. The van der Waals surface area contributed by atoms with Gasteiger partial charge in [-0.2, -0.15) is 0 Å². The van der Waals surface area contributed by atoms with Crippen LogP contribution >= 0.6 is 23.4 Å². The van der Waals surface area contributed by atoms with Crippen molar-refractivity contribution in [3.8, 4) is 0 Å². The Labute approximate surface area is 197 Å². The maximum absolute atomic E-state index is 12.9. The summed E-state index contributed by atoms with van der Waals surface area (Å²) in [5.74, 6) is -0.565. The van der Waals surface area contributed by atoms with Crippen LogP contribution in [-0.2, 0) is 19.4 Å². The highest BCUT2D eigenvalue weighted by atomic mass is 35.5. The molecule has 2 unspecified atom stereocenters. The van der Waals surface area contributed by atoms with Gasteiger partial charge in [0, 0.05) is 23.8 Å². The Bertz CT molecular complexity index is 1120. The molecule has 3 rings (SSSR count). The maximum Gasteiger partial charge on any atom is 0.241 e. The van der Waals surface area contributed by atoms with Gasteiger partial charge in [0.2, 0.25) is 11.8 Å². The molecular weight excluding hydrogens is 470 g/mol. The molecule has 0 radical (unpaired) electrons. The molecule has 32 heavy (non-hydrogen) atoms. The summed E-state index contributed by atoms with van der Waals surface area (Å²) in [6, 6.07) is 12.1. The number of carbonyl (C=O) groups is 2. The molecule has 1 aliphatic heterocycles. The van der Waals surface area contributed by atoms with E-state index in [0.29, 0.717) is 11.6 Å². The van der Waals surface area contributed by atoms with Gasteiger partial charge in [0.05, 0.1) is 10.6 Å². The van der Waals surface area contributed by atoms with Crippen LogP contribution in [0.3, 0.4) is 0 Å². The van der Waals surface area contributed by atoms with Crippen LogP contribution in [0.15, 0.2) is 47.4 Å². The molecule has 0 spiro atoms. The molecule has 1 saturated heterocycles. The third-order valence-corrected chi connectivity index (χ3v) is 8.68. The van der Waals surface area contributed by atoms with E-state index in [1.807, 2.05) is 38.1 Å². The van der Waals surface area contributed by atoms with Gasteiger partial charge in [0.15, 0.2) is 15.1 Å². The number of thioether (sulfide) groups is 1. The number of sulfone groups is 1. The quantitative estimate of drug-likeness (QED) is 0.613. The summed E-state index contributed by atoms with van der Waals surface area (Å²) in [4.78, 5) is 27.0. The number of aryl methyl sites for hydroxylation is 2. The average molecular weight is 496 g/mol. The number of carbonyl (C=O) groups excluding carboxylic acids is 2. The Morgan fingerprint density at radius 1 is 1.22 bits per heavy atom. The monoisotopic (exact) mass is 495 g/mol. The van der Waals surface area contributed by atoms with Gasteiger partial charge >= 0.3 is 0 Å². The van der Waals surface area contributed by atoms with Crippen LogP contribution in [-0.4, -0.2) is 49.8 Å². The first-order valence-corrected chi connectivity index (χ1v) is 13.1. The van der Waals surface area contributed by atoms with Crippen LogP contribution in [0, 0.1) is 13.8 Å². The zero-order valence-electron chi connectivity index (χ0n) is 18.1. The molecule has 2 atom stereocenters. The number of anilines is 1. The number of amides is 2. The topological polar surface area (TPSA) is 95.6 Å². The van der Waals surface area contributed by atoms with Gasteiger partial charge in [-0.3, -0.25) is 14.9 Å². The Morgan fingerprint density at radius 2 is 1.97 bits per heavy atom. The number of halogens is 1. The molecule has 2 aromatic carbocycles. The molecule has 0 saturated carbocycles. The Balaban J connectivity index is 1.61. The zero-order chi connectivity index (χ0) is 23.5. The lowest BCUT2D eigenvalue weighted by Crippen LogP contribution is -2.59. The van der Waals surface area contributed by atoms with Crippen LogP contribution in [0.1, 0.15) is 18.1 Å². The molecule has 2 aromatic rings. The fraction of sp³-hybridized carbons (Fsp3) is 0.364. The van der Waals surface area contributed by atoms with E-state index in [1.54, 1.807) is 17.9 Å². The number of nitrogens with zero attached hydrogens (tertiary/aromatic N) is 1. The molecule has 0 bridgehead atoms.